The zero-order valence-electron chi connectivity index (χ0n) is 14.1. The fraction of sp³-hybridized carbons (Fsp3) is 0.400. The van der Waals surface area contributed by atoms with Gasteiger partial charge in [-0.25, -0.2) is 0 Å². The third-order valence-electron chi connectivity index (χ3n) is 5.15. The first-order valence-electron chi connectivity index (χ1n) is 8.84. The molecule has 0 bridgehead atoms. The Labute approximate surface area is 143 Å². The molecule has 24 heavy (non-hydrogen) atoms. The predicted molar refractivity (Wildman–Crippen MR) is 95.6 cm³/mol. The molecule has 3 heterocycles. The fourth-order valence-corrected chi connectivity index (χ4v) is 3.76. The Kier molecular flexibility index (Phi) is 3.97. The molecule has 0 saturated carbocycles. The van der Waals surface area contributed by atoms with Gasteiger partial charge in [-0.2, -0.15) is 0 Å². The van der Waals surface area contributed by atoms with Crippen LogP contribution in [-0.2, 0) is 4.79 Å². The van der Waals surface area contributed by atoms with Gasteiger partial charge in [0.25, 0.3) is 5.91 Å². The first-order valence-corrected chi connectivity index (χ1v) is 8.84. The molecule has 1 amide bonds. The van der Waals surface area contributed by atoms with E-state index in [1.165, 1.54) is 12.0 Å². The molecule has 3 aliphatic heterocycles. The van der Waals surface area contributed by atoms with Gasteiger partial charge in [0.15, 0.2) is 0 Å². The summed E-state index contributed by atoms with van der Waals surface area (Å²) in [5.41, 5.74) is 1.99. The molecule has 4 heteroatoms. The first kappa shape index (κ1) is 15.2. The van der Waals surface area contributed by atoms with Crippen LogP contribution < -0.4 is 0 Å². The van der Waals surface area contributed by atoms with E-state index in [1.807, 2.05) is 29.3 Å². The molecule has 4 nitrogen and oxygen atoms in total. The summed E-state index contributed by atoms with van der Waals surface area (Å²) in [5.74, 6) is 1.10. The largest absolute Gasteiger partial charge is 0.339 e. The molecule has 1 fully saturated rings. The summed E-state index contributed by atoms with van der Waals surface area (Å²) >= 11 is 0. The molecule has 0 spiro atoms. The third-order valence-corrected chi connectivity index (χ3v) is 5.15. The number of hydrogen-bond donors (Lipinski definition) is 0. The number of amidine groups is 1. The highest BCUT2D eigenvalue weighted by atomic mass is 16.2. The topological polar surface area (TPSA) is 35.9 Å². The van der Waals surface area contributed by atoms with Crippen molar-refractivity contribution in [2.75, 3.05) is 13.1 Å². The maximum Gasteiger partial charge on any atom is 0.255 e. The van der Waals surface area contributed by atoms with Crippen LogP contribution in [0.4, 0.5) is 0 Å². The predicted octanol–water partition coefficient (Wildman–Crippen LogP) is 3.30. The Balaban J connectivity index is 1.55. The second kappa shape index (κ2) is 6.27. The molecule has 3 aliphatic rings. The van der Waals surface area contributed by atoms with Crippen LogP contribution in [0.3, 0.4) is 0 Å². The number of carbonyl (C=O) groups is 1. The molecular formula is C20H23N3O. The highest BCUT2D eigenvalue weighted by molar-refractivity contribution is 6.04. The molecule has 0 aliphatic carbocycles. The molecule has 0 radical (unpaired) electrons. The average molecular weight is 321 g/mol. The molecule has 0 aromatic heterocycles. The van der Waals surface area contributed by atoms with Gasteiger partial charge in [-0.3, -0.25) is 9.79 Å². The second-order valence-corrected chi connectivity index (χ2v) is 6.76. The van der Waals surface area contributed by atoms with Crippen molar-refractivity contribution in [2.24, 2.45) is 4.99 Å². The van der Waals surface area contributed by atoms with E-state index in [1.54, 1.807) is 0 Å². The van der Waals surface area contributed by atoms with Crippen LogP contribution in [0.2, 0.25) is 0 Å². The molecule has 0 N–H and O–H groups in total. The van der Waals surface area contributed by atoms with Crippen molar-refractivity contribution in [3.63, 3.8) is 0 Å². The molecule has 1 aromatic rings. The molecule has 124 valence electrons. The Morgan fingerprint density at radius 2 is 1.83 bits per heavy atom. The first-order chi connectivity index (χ1) is 11.7. The maximum absolute atomic E-state index is 12.7. The monoisotopic (exact) mass is 321 g/mol. The van der Waals surface area contributed by atoms with Crippen LogP contribution in [0.1, 0.15) is 37.8 Å². The van der Waals surface area contributed by atoms with Gasteiger partial charge in [-0.15, -0.1) is 0 Å². The maximum atomic E-state index is 12.7. The van der Waals surface area contributed by atoms with Gasteiger partial charge in [0.2, 0.25) is 0 Å². The number of nitrogens with zero attached hydrogens (tertiary/aromatic N) is 3. The summed E-state index contributed by atoms with van der Waals surface area (Å²) in [6.07, 6.45) is 9.36. The van der Waals surface area contributed by atoms with Crippen molar-refractivity contribution in [3.8, 4) is 0 Å². The molecule has 1 unspecified atom stereocenters. The van der Waals surface area contributed by atoms with Gasteiger partial charge >= 0.3 is 0 Å². The minimum Gasteiger partial charge on any atom is -0.339 e. The SMILES string of the molecule is CC1[C@H](c2ccccc2)N=C2C=CC(C(=O)N3CCCCC3)=CN21. The number of carbonyl (C=O) groups excluding carboxylic acids is 1. The van der Waals surface area contributed by atoms with Crippen LogP contribution in [0.15, 0.2) is 59.2 Å². The molecular weight excluding hydrogens is 298 g/mol. The lowest BCUT2D eigenvalue weighted by atomic mass is 10.0. The zero-order valence-corrected chi connectivity index (χ0v) is 14.1. The average Bonchev–Trinajstić information content (AvgIpc) is 2.99. The van der Waals surface area contributed by atoms with Crippen molar-refractivity contribution in [1.29, 1.82) is 0 Å². The van der Waals surface area contributed by atoms with Crippen molar-refractivity contribution in [2.45, 2.75) is 38.3 Å². The van der Waals surface area contributed by atoms with E-state index in [4.69, 9.17) is 4.99 Å². The second-order valence-electron chi connectivity index (χ2n) is 6.76. The lowest BCUT2D eigenvalue weighted by Crippen LogP contribution is -2.38. The van der Waals surface area contributed by atoms with Crippen LogP contribution in [0.5, 0.6) is 0 Å². The quantitative estimate of drug-likeness (QED) is 0.838. The van der Waals surface area contributed by atoms with Gasteiger partial charge < -0.3 is 9.80 Å². The van der Waals surface area contributed by atoms with E-state index < -0.39 is 0 Å². The number of benzene rings is 1. The number of aliphatic imine (C=N–C) groups is 1. The number of likely N-dealkylation sites (tertiary alicyclic amines) is 1. The zero-order chi connectivity index (χ0) is 16.5. The van der Waals surface area contributed by atoms with Crippen LogP contribution >= 0.6 is 0 Å². The van der Waals surface area contributed by atoms with E-state index >= 15 is 0 Å². The van der Waals surface area contributed by atoms with Crippen molar-refractivity contribution in [3.05, 3.63) is 59.8 Å². The minimum atomic E-state index is 0.117. The Hall–Kier alpha value is -2.36. The lowest BCUT2D eigenvalue weighted by Gasteiger charge is -2.30. The van der Waals surface area contributed by atoms with Crippen LogP contribution in [0, 0.1) is 0 Å². The smallest absolute Gasteiger partial charge is 0.255 e. The summed E-state index contributed by atoms with van der Waals surface area (Å²) in [6.45, 7) is 3.94. The Morgan fingerprint density at radius 3 is 2.58 bits per heavy atom. The molecule has 2 atom stereocenters. The summed E-state index contributed by atoms with van der Waals surface area (Å²) in [7, 11) is 0. The van der Waals surface area contributed by atoms with E-state index in [0.717, 1.165) is 37.3 Å². The summed E-state index contributed by atoms with van der Waals surface area (Å²) in [4.78, 5) is 21.7. The van der Waals surface area contributed by atoms with E-state index in [9.17, 15) is 4.79 Å². The third kappa shape index (κ3) is 2.66. The Bertz CT molecular complexity index is 714. The number of fused-ring (bicyclic) bond motifs is 1. The van der Waals surface area contributed by atoms with Gasteiger partial charge in [0.1, 0.15) is 5.84 Å². The number of hydrogen-bond acceptors (Lipinski definition) is 3. The van der Waals surface area contributed by atoms with Crippen LogP contribution in [-0.4, -0.2) is 40.7 Å². The van der Waals surface area contributed by atoms with E-state index in [-0.39, 0.29) is 18.0 Å². The standard InChI is InChI=1S/C20H23N3O/c1-15-19(16-8-4-2-5-9-16)21-18-11-10-17(14-23(15)18)20(24)22-12-6-3-7-13-22/h2,4-5,8-11,14-15,19H,3,6-7,12-13H2,1H3/t15?,19-/m1/s1. The molecule has 4 rings (SSSR count). The summed E-state index contributed by atoms with van der Waals surface area (Å²) in [6, 6.07) is 10.7. The van der Waals surface area contributed by atoms with Gasteiger partial charge in [0, 0.05) is 19.3 Å². The van der Waals surface area contributed by atoms with E-state index in [0.29, 0.717) is 0 Å². The fourth-order valence-electron chi connectivity index (χ4n) is 3.76. The van der Waals surface area contributed by atoms with Crippen molar-refractivity contribution < 1.29 is 4.79 Å². The van der Waals surface area contributed by atoms with Gasteiger partial charge in [-0.1, -0.05) is 30.3 Å². The molecule has 1 aromatic carbocycles. The lowest BCUT2D eigenvalue weighted by molar-refractivity contribution is -0.127. The van der Waals surface area contributed by atoms with Crippen molar-refractivity contribution >= 4 is 11.7 Å². The highest BCUT2D eigenvalue weighted by Crippen LogP contribution is 2.33. The van der Waals surface area contributed by atoms with Gasteiger partial charge in [0.05, 0.1) is 17.7 Å². The van der Waals surface area contributed by atoms with Crippen LogP contribution in [0.25, 0.3) is 0 Å². The summed E-state index contributed by atoms with van der Waals surface area (Å²) < 4.78 is 0. The number of rotatable bonds is 2. The number of amides is 1. The minimum absolute atomic E-state index is 0.117. The normalized spacial score (nSPS) is 26.0. The Morgan fingerprint density at radius 1 is 1.08 bits per heavy atom. The molecule has 1 saturated heterocycles. The van der Waals surface area contributed by atoms with E-state index in [2.05, 4.69) is 36.1 Å². The van der Waals surface area contributed by atoms with Gasteiger partial charge in [-0.05, 0) is 43.9 Å². The summed E-state index contributed by atoms with van der Waals surface area (Å²) in [5, 5.41) is 0. The highest BCUT2D eigenvalue weighted by Gasteiger charge is 2.34. The van der Waals surface area contributed by atoms with Crippen molar-refractivity contribution in [1.82, 2.24) is 9.80 Å². The number of piperidine rings is 1.